The fourth-order valence-corrected chi connectivity index (χ4v) is 4.97. The van der Waals surface area contributed by atoms with Crippen molar-refractivity contribution in [3.05, 3.63) is 47.0 Å². The van der Waals surface area contributed by atoms with Crippen molar-refractivity contribution < 1.29 is 27.5 Å². The first kappa shape index (κ1) is 26.1. The first-order valence-corrected chi connectivity index (χ1v) is 12.4. The number of anilines is 2. The molecule has 10 nitrogen and oxygen atoms in total. The molecular weight excluding hydrogens is 496 g/mol. The smallest absolute Gasteiger partial charge is 0.412 e. The second-order valence-corrected chi connectivity index (χ2v) is 11.0. The quantitative estimate of drug-likeness (QED) is 0.613. The summed E-state index contributed by atoms with van der Waals surface area (Å²) in [6.07, 6.45) is -1.39. The molecule has 1 heterocycles. The minimum absolute atomic E-state index is 0.0105. The molecule has 0 radical (unpaired) electrons. The summed E-state index contributed by atoms with van der Waals surface area (Å²) in [6.45, 7) is 6.45. The van der Waals surface area contributed by atoms with Crippen LogP contribution in [-0.2, 0) is 19.6 Å². The number of carbonyl (C=O) groups excluding carboxylic acids is 2. The van der Waals surface area contributed by atoms with Gasteiger partial charge >= 0.3 is 6.09 Å². The first-order chi connectivity index (χ1) is 16.3. The van der Waals surface area contributed by atoms with Gasteiger partial charge in [-0.25, -0.2) is 13.2 Å². The van der Waals surface area contributed by atoms with Crippen LogP contribution in [0.25, 0.3) is 0 Å². The number of ether oxygens (including phenoxy) is 2. The number of fused-ring (bicyclic) bond motifs is 1. The van der Waals surface area contributed by atoms with E-state index in [1.807, 2.05) is 6.07 Å². The average molecular weight is 521 g/mol. The third-order valence-electron chi connectivity index (χ3n) is 4.76. The van der Waals surface area contributed by atoms with E-state index in [4.69, 9.17) is 21.1 Å². The number of halogens is 1. The number of rotatable bonds is 5. The van der Waals surface area contributed by atoms with E-state index in [0.29, 0.717) is 0 Å². The Kier molecular flexibility index (Phi) is 7.47. The number of hydrogen-bond acceptors (Lipinski definition) is 7. The molecule has 0 saturated carbocycles. The van der Waals surface area contributed by atoms with Gasteiger partial charge in [0.1, 0.15) is 23.5 Å². The van der Waals surface area contributed by atoms with E-state index in [1.165, 1.54) is 37.3 Å². The summed E-state index contributed by atoms with van der Waals surface area (Å²) in [7, 11) is -4.18. The number of carbonyl (C=O) groups is 2. The lowest BCUT2D eigenvalue weighted by Gasteiger charge is -2.35. The second kappa shape index (κ2) is 10.0. The monoisotopic (exact) mass is 520 g/mol. The van der Waals surface area contributed by atoms with E-state index in [1.54, 1.807) is 26.8 Å². The van der Waals surface area contributed by atoms with Crippen molar-refractivity contribution in [1.82, 2.24) is 5.32 Å². The zero-order valence-electron chi connectivity index (χ0n) is 19.6. The zero-order chi connectivity index (χ0) is 26.0. The van der Waals surface area contributed by atoms with Gasteiger partial charge < -0.3 is 14.8 Å². The maximum Gasteiger partial charge on any atom is 0.412 e. The standard InChI is InChI=1S/C23H25ClN4O6S/c1-14(29)26-12-17-13-28(35(31,32)18-6-7-19(24)15(9-18)11-25)20-10-16(5-8-21(20)33-17)27-22(30)34-23(2,3)4/h5-10,17H,12-13H2,1-4H3,(H,26,29)(H,27,30). The van der Waals surface area contributed by atoms with Gasteiger partial charge in [-0.15, -0.1) is 0 Å². The van der Waals surface area contributed by atoms with Gasteiger partial charge in [-0.1, -0.05) is 11.6 Å². The van der Waals surface area contributed by atoms with Crippen molar-refractivity contribution in [3.8, 4) is 11.8 Å². The maximum atomic E-state index is 13.7. The molecule has 1 atom stereocenters. The zero-order valence-corrected chi connectivity index (χ0v) is 21.2. The van der Waals surface area contributed by atoms with Crippen LogP contribution in [0.4, 0.5) is 16.2 Å². The highest BCUT2D eigenvalue weighted by Crippen LogP contribution is 2.39. The Morgan fingerprint density at radius 2 is 1.97 bits per heavy atom. The Morgan fingerprint density at radius 1 is 1.26 bits per heavy atom. The summed E-state index contributed by atoms with van der Waals surface area (Å²) in [5, 5.41) is 14.6. The van der Waals surface area contributed by atoms with Crippen molar-refractivity contribution in [3.63, 3.8) is 0 Å². The summed E-state index contributed by atoms with van der Waals surface area (Å²) in [5.41, 5.74) is -0.251. The SMILES string of the molecule is CC(=O)NCC1CN(S(=O)(=O)c2ccc(Cl)c(C#N)c2)c2cc(NC(=O)OC(C)(C)C)ccc2O1. The fraction of sp³-hybridized carbons (Fsp3) is 0.348. The summed E-state index contributed by atoms with van der Waals surface area (Å²) in [6, 6.07) is 10.2. The molecule has 186 valence electrons. The van der Waals surface area contributed by atoms with E-state index in [-0.39, 0.29) is 51.6 Å². The van der Waals surface area contributed by atoms with Crippen LogP contribution in [0.1, 0.15) is 33.3 Å². The van der Waals surface area contributed by atoms with E-state index in [2.05, 4.69) is 10.6 Å². The highest BCUT2D eigenvalue weighted by Gasteiger charge is 2.35. The molecule has 1 aliphatic heterocycles. The molecule has 1 unspecified atom stereocenters. The predicted molar refractivity (Wildman–Crippen MR) is 130 cm³/mol. The number of amides is 2. The van der Waals surface area contributed by atoms with Gasteiger partial charge in [-0.3, -0.25) is 14.4 Å². The number of nitriles is 1. The first-order valence-electron chi connectivity index (χ1n) is 10.6. The van der Waals surface area contributed by atoms with Crippen molar-refractivity contribution in [1.29, 1.82) is 5.26 Å². The minimum atomic E-state index is -4.18. The number of nitrogens with zero attached hydrogens (tertiary/aromatic N) is 2. The molecule has 2 N–H and O–H groups in total. The van der Waals surface area contributed by atoms with Gasteiger partial charge in [0.2, 0.25) is 5.91 Å². The Bertz CT molecular complexity index is 1300. The van der Waals surface area contributed by atoms with Crippen molar-refractivity contribution in [2.75, 3.05) is 22.7 Å². The van der Waals surface area contributed by atoms with E-state index >= 15 is 0 Å². The molecule has 2 aromatic rings. The minimum Gasteiger partial charge on any atom is -0.484 e. The number of sulfonamides is 1. The van der Waals surface area contributed by atoms with Crippen LogP contribution < -0.4 is 19.7 Å². The summed E-state index contributed by atoms with van der Waals surface area (Å²) in [5.74, 6) is -0.0542. The highest BCUT2D eigenvalue weighted by atomic mass is 35.5. The molecule has 0 aromatic heterocycles. The molecule has 12 heteroatoms. The fourth-order valence-electron chi connectivity index (χ4n) is 3.28. The molecule has 0 saturated heterocycles. The highest BCUT2D eigenvalue weighted by molar-refractivity contribution is 7.92. The van der Waals surface area contributed by atoms with Crippen LogP contribution in [0.5, 0.6) is 5.75 Å². The number of hydrogen-bond donors (Lipinski definition) is 2. The van der Waals surface area contributed by atoms with E-state index in [0.717, 1.165) is 4.31 Å². The molecule has 1 aliphatic rings. The van der Waals surface area contributed by atoms with Crippen molar-refractivity contribution in [2.24, 2.45) is 0 Å². The molecule has 2 amide bonds. The van der Waals surface area contributed by atoms with Crippen LogP contribution in [0.15, 0.2) is 41.3 Å². The summed E-state index contributed by atoms with van der Waals surface area (Å²) >= 11 is 5.98. The van der Waals surface area contributed by atoms with E-state index in [9.17, 15) is 23.3 Å². The van der Waals surface area contributed by atoms with Gasteiger partial charge in [0.15, 0.2) is 0 Å². The van der Waals surface area contributed by atoms with Crippen LogP contribution in [0, 0.1) is 11.3 Å². The molecule has 0 fully saturated rings. The van der Waals surface area contributed by atoms with Gasteiger partial charge in [0.25, 0.3) is 10.0 Å². The van der Waals surface area contributed by atoms with Crippen molar-refractivity contribution in [2.45, 2.75) is 44.3 Å². The largest absolute Gasteiger partial charge is 0.484 e. The Morgan fingerprint density at radius 3 is 2.60 bits per heavy atom. The Balaban J connectivity index is 2.03. The predicted octanol–water partition coefficient (Wildman–Crippen LogP) is 3.65. The maximum absolute atomic E-state index is 13.7. The second-order valence-electron chi connectivity index (χ2n) is 8.78. The molecule has 2 aromatic carbocycles. The average Bonchev–Trinajstić information content (AvgIpc) is 2.76. The Labute approximate surface area is 208 Å². The van der Waals surface area contributed by atoms with Gasteiger partial charge in [-0.05, 0) is 57.2 Å². The third kappa shape index (κ3) is 6.35. The van der Waals surface area contributed by atoms with Gasteiger partial charge in [-0.2, -0.15) is 5.26 Å². The molecule has 35 heavy (non-hydrogen) atoms. The molecule has 3 rings (SSSR count). The lowest BCUT2D eigenvalue weighted by molar-refractivity contribution is -0.119. The third-order valence-corrected chi connectivity index (χ3v) is 6.87. The van der Waals surface area contributed by atoms with Crippen molar-refractivity contribution >= 4 is 45.0 Å². The van der Waals surface area contributed by atoms with Crippen LogP contribution in [0.3, 0.4) is 0 Å². The lowest BCUT2D eigenvalue weighted by Crippen LogP contribution is -2.48. The topological polar surface area (TPSA) is 138 Å². The Hall–Kier alpha value is -3.49. The lowest BCUT2D eigenvalue weighted by atomic mass is 10.2. The van der Waals surface area contributed by atoms with Gasteiger partial charge in [0.05, 0.1) is 34.3 Å². The van der Waals surface area contributed by atoms with Crippen LogP contribution >= 0.6 is 11.6 Å². The molecule has 0 aliphatic carbocycles. The summed E-state index contributed by atoms with van der Waals surface area (Å²) < 4.78 is 39.6. The van der Waals surface area contributed by atoms with E-state index < -0.39 is 27.8 Å². The normalized spacial score (nSPS) is 15.3. The van der Waals surface area contributed by atoms with Gasteiger partial charge in [0, 0.05) is 12.6 Å². The molecule has 0 bridgehead atoms. The van der Waals surface area contributed by atoms with Crippen LogP contribution in [0.2, 0.25) is 5.02 Å². The molecule has 0 spiro atoms. The van der Waals surface area contributed by atoms with Crippen LogP contribution in [-0.4, -0.2) is 45.2 Å². The number of benzene rings is 2. The molecular formula is C23H25ClN4O6S. The number of nitrogens with one attached hydrogen (secondary N) is 2. The summed E-state index contributed by atoms with van der Waals surface area (Å²) in [4.78, 5) is 23.5.